The number of halogens is 2. The Labute approximate surface area is 138 Å². The molecule has 0 heterocycles. The number of aliphatic carboxylic acids is 1. The second-order valence-corrected chi connectivity index (χ2v) is 5.81. The molecule has 1 aliphatic rings. The van der Waals surface area contributed by atoms with Crippen molar-refractivity contribution in [3.05, 3.63) is 23.8 Å². The van der Waals surface area contributed by atoms with Crippen LogP contribution in [0.1, 0.15) is 31.2 Å². The largest absolute Gasteiger partial charge is 0.481 e. The summed E-state index contributed by atoms with van der Waals surface area (Å²) in [5.74, 6) is -1.28. The van der Waals surface area contributed by atoms with Crippen molar-refractivity contribution < 1.29 is 28.2 Å². The van der Waals surface area contributed by atoms with Gasteiger partial charge in [0, 0.05) is 6.04 Å². The van der Waals surface area contributed by atoms with Gasteiger partial charge >= 0.3 is 18.6 Å². The topological polar surface area (TPSA) is 87.7 Å². The fraction of sp³-hybridized carbons (Fsp3) is 0.500. The van der Waals surface area contributed by atoms with Gasteiger partial charge < -0.3 is 20.5 Å². The molecule has 2 rings (SSSR count). The summed E-state index contributed by atoms with van der Waals surface area (Å²) < 4.78 is 29.3. The number of ether oxygens (including phenoxy) is 1. The molecule has 0 radical (unpaired) electrons. The molecule has 1 aliphatic carbocycles. The van der Waals surface area contributed by atoms with Crippen LogP contribution in [0.4, 0.5) is 19.3 Å². The number of carboxylic acids is 1. The maximum Gasteiger partial charge on any atom is 0.387 e. The number of aryl methyl sites for hydroxylation is 1. The molecule has 3 N–H and O–H groups in total. The number of anilines is 1. The van der Waals surface area contributed by atoms with Crippen molar-refractivity contribution in [2.24, 2.45) is 5.92 Å². The van der Waals surface area contributed by atoms with E-state index in [4.69, 9.17) is 5.11 Å². The average Bonchev–Trinajstić information content (AvgIpc) is 2.50. The SMILES string of the molecule is Cc1cccc(OC(F)F)c1NC(=O)NC1CCC(C(=O)O)CC1. The van der Waals surface area contributed by atoms with Crippen molar-refractivity contribution in [2.45, 2.75) is 45.3 Å². The highest BCUT2D eigenvalue weighted by atomic mass is 19.3. The van der Waals surface area contributed by atoms with Gasteiger partial charge in [0.15, 0.2) is 0 Å². The lowest BCUT2D eigenvalue weighted by molar-refractivity contribution is -0.142. The van der Waals surface area contributed by atoms with Crippen molar-refractivity contribution >= 4 is 17.7 Å². The molecule has 8 heteroatoms. The van der Waals surface area contributed by atoms with E-state index >= 15 is 0 Å². The zero-order chi connectivity index (χ0) is 17.7. The van der Waals surface area contributed by atoms with Crippen LogP contribution in [0.15, 0.2) is 18.2 Å². The number of urea groups is 1. The van der Waals surface area contributed by atoms with Crippen molar-refractivity contribution in [2.75, 3.05) is 5.32 Å². The molecule has 1 aromatic rings. The van der Waals surface area contributed by atoms with Gasteiger partial charge in [-0.3, -0.25) is 4.79 Å². The zero-order valence-corrected chi connectivity index (χ0v) is 13.2. The third-order valence-corrected chi connectivity index (χ3v) is 4.10. The Morgan fingerprint density at radius 2 is 1.92 bits per heavy atom. The number of para-hydroxylation sites is 1. The molecule has 1 saturated carbocycles. The smallest absolute Gasteiger partial charge is 0.387 e. The highest BCUT2D eigenvalue weighted by molar-refractivity contribution is 5.92. The Kier molecular flexibility index (Phi) is 5.94. The predicted octanol–water partition coefficient (Wildman–Crippen LogP) is 3.36. The molecule has 0 aromatic heterocycles. The van der Waals surface area contributed by atoms with Crippen molar-refractivity contribution in [1.29, 1.82) is 0 Å². The first-order valence-corrected chi connectivity index (χ1v) is 7.71. The number of benzene rings is 1. The van der Waals surface area contributed by atoms with Gasteiger partial charge in [-0.1, -0.05) is 12.1 Å². The molecule has 24 heavy (non-hydrogen) atoms. The lowest BCUT2D eigenvalue weighted by atomic mass is 9.86. The molecule has 0 spiro atoms. The second-order valence-electron chi connectivity index (χ2n) is 5.81. The number of carboxylic acid groups (broad SMARTS) is 1. The molecule has 0 unspecified atom stereocenters. The number of carbonyl (C=O) groups is 2. The molecule has 6 nitrogen and oxygen atoms in total. The summed E-state index contributed by atoms with van der Waals surface area (Å²) in [5, 5.41) is 14.2. The van der Waals surface area contributed by atoms with E-state index < -0.39 is 18.6 Å². The number of rotatable bonds is 5. The minimum Gasteiger partial charge on any atom is -0.481 e. The van der Waals surface area contributed by atoms with Crippen LogP contribution in [0.3, 0.4) is 0 Å². The normalized spacial score (nSPS) is 20.5. The zero-order valence-electron chi connectivity index (χ0n) is 13.2. The van der Waals surface area contributed by atoms with Crippen molar-refractivity contribution in [3.63, 3.8) is 0 Å². The number of nitrogens with one attached hydrogen (secondary N) is 2. The molecule has 0 bridgehead atoms. The van der Waals surface area contributed by atoms with Crippen molar-refractivity contribution in [3.8, 4) is 5.75 Å². The third-order valence-electron chi connectivity index (χ3n) is 4.10. The maximum absolute atomic E-state index is 12.4. The van der Waals surface area contributed by atoms with Gasteiger partial charge in [0.25, 0.3) is 0 Å². The first-order chi connectivity index (χ1) is 11.4. The Morgan fingerprint density at radius 1 is 1.25 bits per heavy atom. The van der Waals surface area contributed by atoms with Crippen LogP contribution in [0.25, 0.3) is 0 Å². The quantitative estimate of drug-likeness (QED) is 0.766. The second kappa shape index (κ2) is 7.94. The molecule has 0 aliphatic heterocycles. The van der Waals surface area contributed by atoms with Crippen LogP contribution in [-0.4, -0.2) is 29.8 Å². The predicted molar refractivity (Wildman–Crippen MR) is 83.3 cm³/mol. The molecular formula is C16H20F2N2O4. The Bertz CT molecular complexity index is 602. The highest BCUT2D eigenvalue weighted by Crippen LogP contribution is 2.30. The molecule has 132 valence electrons. The van der Waals surface area contributed by atoms with Crippen LogP contribution in [0.5, 0.6) is 5.75 Å². The van der Waals surface area contributed by atoms with Gasteiger partial charge in [-0.15, -0.1) is 0 Å². The number of carbonyl (C=O) groups excluding carboxylic acids is 1. The summed E-state index contributed by atoms with van der Waals surface area (Å²) in [7, 11) is 0. The van der Waals surface area contributed by atoms with Gasteiger partial charge in [0.2, 0.25) is 0 Å². The molecular weight excluding hydrogens is 322 g/mol. The highest BCUT2D eigenvalue weighted by Gasteiger charge is 2.27. The minimum atomic E-state index is -2.98. The fourth-order valence-electron chi connectivity index (χ4n) is 2.81. The van der Waals surface area contributed by atoms with E-state index in [1.807, 2.05) is 0 Å². The van der Waals surface area contributed by atoms with E-state index in [1.165, 1.54) is 6.07 Å². The molecule has 1 fully saturated rings. The summed E-state index contributed by atoms with van der Waals surface area (Å²) in [4.78, 5) is 23.0. The van der Waals surface area contributed by atoms with E-state index in [0.717, 1.165) is 0 Å². The Morgan fingerprint density at radius 3 is 2.50 bits per heavy atom. The fourth-order valence-corrected chi connectivity index (χ4v) is 2.81. The van der Waals surface area contributed by atoms with Gasteiger partial charge in [-0.05, 0) is 44.2 Å². The lowest BCUT2D eigenvalue weighted by Crippen LogP contribution is -2.41. The number of alkyl halides is 2. The monoisotopic (exact) mass is 342 g/mol. The van der Waals surface area contributed by atoms with Crippen molar-refractivity contribution in [1.82, 2.24) is 5.32 Å². The summed E-state index contributed by atoms with van der Waals surface area (Å²) >= 11 is 0. The lowest BCUT2D eigenvalue weighted by Gasteiger charge is -2.27. The molecule has 0 atom stereocenters. The Hall–Kier alpha value is -2.38. The van der Waals surface area contributed by atoms with Crippen LogP contribution in [-0.2, 0) is 4.79 Å². The van der Waals surface area contributed by atoms with Crippen LogP contribution in [0, 0.1) is 12.8 Å². The van der Waals surface area contributed by atoms with E-state index in [2.05, 4.69) is 15.4 Å². The minimum absolute atomic E-state index is 0.102. The number of hydrogen-bond donors (Lipinski definition) is 3. The summed E-state index contributed by atoms with van der Waals surface area (Å²) in [6.07, 6.45) is 2.14. The van der Waals surface area contributed by atoms with Gasteiger partial charge in [0.1, 0.15) is 5.75 Å². The first-order valence-electron chi connectivity index (χ1n) is 7.71. The first kappa shape index (κ1) is 18.0. The van der Waals surface area contributed by atoms with Crippen LogP contribution >= 0.6 is 0 Å². The standard InChI is InChI=1S/C16H20F2N2O4/c1-9-3-2-4-12(24-15(17)18)13(9)20-16(23)19-11-7-5-10(6-8-11)14(21)22/h2-4,10-11,15H,5-8H2,1H3,(H,21,22)(H2,19,20,23). The average molecular weight is 342 g/mol. The van der Waals surface area contributed by atoms with E-state index in [1.54, 1.807) is 19.1 Å². The van der Waals surface area contributed by atoms with E-state index in [-0.39, 0.29) is 23.4 Å². The number of amides is 2. The Balaban J connectivity index is 1.94. The summed E-state index contributed by atoms with van der Waals surface area (Å²) in [5.41, 5.74) is 0.785. The van der Waals surface area contributed by atoms with Gasteiger partial charge in [-0.25, -0.2) is 4.79 Å². The van der Waals surface area contributed by atoms with Crippen LogP contribution < -0.4 is 15.4 Å². The molecule has 2 amide bonds. The van der Waals surface area contributed by atoms with E-state index in [0.29, 0.717) is 31.2 Å². The summed E-state index contributed by atoms with van der Waals surface area (Å²) in [6.45, 7) is -1.31. The van der Waals surface area contributed by atoms with Gasteiger partial charge in [0.05, 0.1) is 11.6 Å². The maximum atomic E-state index is 12.4. The molecule has 1 aromatic carbocycles. The number of hydrogen-bond acceptors (Lipinski definition) is 3. The summed E-state index contributed by atoms with van der Waals surface area (Å²) in [6, 6.07) is 3.92. The van der Waals surface area contributed by atoms with Gasteiger partial charge in [-0.2, -0.15) is 8.78 Å². The third kappa shape index (κ3) is 4.81. The van der Waals surface area contributed by atoms with Crippen LogP contribution in [0.2, 0.25) is 0 Å². The molecule has 0 saturated heterocycles. The van der Waals surface area contributed by atoms with E-state index in [9.17, 15) is 18.4 Å².